The van der Waals surface area contributed by atoms with Gasteiger partial charge in [-0.2, -0.15) is 0 Å². The number of unbranched alkanes of at least 4 members (excludes halogenated alkanes) is 2. The van der Waals surface area contributed by atoms with Crippen molar-refractivity contribution in [3.8, 4) is 0 Å². The molecule has 0 aromatic heterocycles. The van der Waals surface area contributed by atoms with Crippen LogP contribution in [0.25, 0.3) is 0 Å². The van der Waals surface area contributed by atoms with Gasteiger partial charge in [-0.25, -0.2) is 4.39 Å². The first-order valence-corrected chi connectivity index (χ1v) is 3.33. The Kier molecular flexibility index (Phi) is 6.92. The van der Waals surface area contributed by atoms with E-state index in [0.717, 1.165) is 6.42 Å². The molecule has 0 radical (unpaired) electrons. The van der Waals surface area contributed by atoms with E-state index in [0.29, 0.717) is 6.33 Å². The van der Waals surface area contributed by atoms with Crippen LogP contribution in [0.4, 0.5) is 4.39 Å². The van der Waals surface area contributed by atoms with Gasteiger partial charge in [0.15, 0.2) is 0 Å². The van der Waals surface area contributed by atoms with E-state index in [1.807, 2.05) is 6.08 Å². The maximum atomic E-state index is 11.3. The molecule has 0 fully saturated rings. The molecule has 52 valence electrons. The molecule has 0 bridgehead atoms. The van der Waals surface area contributed by atoms with Crippen molar-refractivity contribution in [1.29, 1.82) is 0 Å². The Labute approximate surface area is 56.1 Å². The summed E-state index contributed by atoms with van der Waals surface area (Å²) in [6, 6.07) is 0. The van der Waals surface area contributed by atoms with E-state index in [1.54, 1.807) is 6.08 Å². The van der Waals surface area contributed by atoms with Gasteiger partial charge in [0.05, 0.1) is 6.33 Å². The summed E-state index contributed by atoms with van der Waals surface area (Å²) in [6.45, 7) is 2.14. The molecule has 0 aromatic rings. The lowest BCUT2D eigenvalue weighted by molar-refractivity contribution is 0.721. The molecule has 0 aliphatic heterocycles. The minimum absolute atomic E-state index is 0.544. The molecule has 0 rings (SSSR count). The molecule has 1 heteroatoms. The first kappa shape index (κ1) is 8.41. The number of hydrogen-bond donors (Lipinski definition) is 0. The van der Waals surface area contributed by atoms with Gasteiger partial charge >= 0.3 is 0 Å². The number of allylic oxidation sites excluding steroid dienone is 3. The van der Waals surface area contributed by atoms with Gasteiger partial charge in [0.2, 0.25) is 0 Å². The first-order valence-electron chi connectivity index (χ1n) is 3.33. The van der Waals surface area contributed by atoms with Crippen LogP contribution in [-0.4, -0.2) is 0 Å². The van der Waals surface area contributed by atoms with Crippen molar-refractivity contribution < 1.29 is 4.39 Å². The summed E-state index contributed by atoms with van der Waals surface area (Å²) in [5.74, 6) is 0. The lowest BCUT2D eigenvalue weighted by Crippen LogP contribution is -1.64. The highest BCUT2D eigenvalue weighted by molar-refractivity contribution is 4.98. The molecule has 0 spiro atoms. The maximum absolute atomic E-state index is 11.3. The molecule has 9 heavy (non-hydrogen) atoms. The molecular formula is C8H13F. The summed E-state index contributed by atoms with van der Waals surface area (Å²) in [7, 11) is 0. The third-order valence-corrected chi connectivity index (χ3v) is 1.04. The minimum Gasteiger partial charge on any atom is -0.216 e. The van der Waals surface area contributed by atoms with Crippen molar-refractivity contribution in [3.63, 3.8) is 0 Å². The van der Waals surface area contributed by atoms with E-state index < -0.39 is 0 Å². The number of halogens is 1. The topological polar surface area (TPSA) is 0 Å². The molecule has 0 aliphatic rings. The second-order valence-electron chi connectivity index (χ2n) is 1.89. The fourth-order valence-corrected chi connectivity index (χ4v) is 0.539. The Hall–Kier alpha value is -0.590. The Morgan fingerprint density at radius 1 is 1.33 bits per heavy atom. The second kappa shape index (κ2) is 7.41. The van der Waals surface area contributed by atoms with Crippen molar-refractivity contribution in [1.82, 2.24) is 0 Å². The second-order valence-corrected chi connectivity index (χ2v) is 1.89. The summed E-state index contributed by atoms with van der Waals surface area (Å²) in [5, 5.41) is 0. The van der Waals surface area contributed by atoms with Gasteiger partial charge in [0.1, 0.15) is 0 Å². The Bertz CT molecular complexity index is 92.7. The van der Waals surface area contributed by atoms with Crippen LogP contribution in [0.1, 0.15) is 26.2 Å². The van der Waals surface area contributed by atoms with Gasteiger partial charge in [-0.05, 0) is 12.5 Å². The van der Waals surface area contributed by atoms with Crippen LogP contribution in [0.3, 0.4) is 0 Å². The Balaban J connectivity index is 3.04. The quantitative estimate of drug-likeness (QED) is 0.403. The molecule has 0 aliphatic carbocycles. The van der Waals surface area contributed by atoms with E-state index in [4.69, 9.17) is 0 Å². The van der Waals surface area contributed by atoms with E-state index >= 15 is 0 Å². The summed E-state index contributed by atoms with van der Waals surface area (Å²) in [5.41, 5.74) is 0. The molecule has 0 N–H and O–H groups in total. The van der Waals surface area contributed by atoms with Gasteiger partial charge in [0.25, 0.3) is 0 Å². The third-order valence-electron chi connectivity index (χ3n) is 1.04. The molecular weight excluding hydrogens is 115 g/mol. The third kappa shape index (κ3) is 7.41. The molecule has 0 amide bonds. The molecule has 0 heterocycles. The first-order chi connectivity index (χ1) is 4.41. The predicted molar refractivity (Wildman–Crippen MR) is 38.9 cm³/mol. The zero-order valence-corrected chi connectivity index (χ0v) is 5.81. The summed E-state index contributed by atoms with van der Waals surface area (Å²) >= 11 is 0. The zero-order valence-electron chi connectivity index (χ0n) is 5.81. The summed E-state index contributed by atoms with van der Waals surface area (Å²) in [4.78, 5) is 0. The van der Waals surface area contributed by atoms with Crippen LogP contribution in [0, 0.1) is 0 Å². The van der Waals surface area contributed by atoms with Crippen LogP contribution in [-0.2, 0) is 0 Å². The molecule has 0 atom stereocenters. The SMILES string of the molecule is CCCC/C=C/C=C/F. The fraction of sp³-hybridized carbons (Fsp3) is 0.500. The monoisotopic (exact) mass is 128 g/mol. The predicted octanol–water partition coefficient (Wildman–Crippen LogP) is 3.22. The van der Waals surface area contributed by atoms with Crippen molar-refractivity contribution in [2.24, 2.45) is 0 Å². The fourth-order valence-electron chi connectivity index (χ4n) is 0.539. The standard InChI is InChI=1S/C8H13F/c1-2-3-4-5-6-7-8-9/h5-8H,2-4H2,1H3/b6-5+,8-7+. The highest BCUT2D eigenvalue weighted by Gasteiger charge is 1.74. The average molecular weight is 128 g/mol. The molecule has 0 nitrogen and oxygen atoms in total. The van der Waals surface area contributed by atoms with Crippen LogP contribution < -0.4 is 0 Å². The minimum atomic E-state index is 0.544. The molecule has 0 unspecified atom stereocenters. The normalized spacial score (nSPS) is 11.8. The lowest BCUT2D eigenvalue weighted by atomic mass is 10.2. The molecule has 0 saturated heterocycles. The van der Waals surface area contributed by atoms with Crippen LogP contribution in [0.15, 0.2) is 24.6 Å². The van der Waals surface area contributed by atoms with E-state index in [-0.39, 0.29) is 0 Å². The van der Waals surface area contributed by atoms with E-state index in [2.05, 4.69) is 6.92 Å². The Morgan fingerprint density at radius 2 is 2.11 bits per heavy atom. The molecule has 0 aromatic carbocycles. The number of hydrogen-bond acceptors (Lipinski definition) is 0. The van der Waals surface area contributed by atoms with Crippen molar-refractivity contribution in [2.75, 3.05) is 0 Å². The van der Waals surface area contributed by atoms with Gasteiger partial charge in [-0.15, -0.1) is 0 Å². The zero-order chi connectivity index (χ0) is 6.95. The van der Waals surface area contributed by atoms with Crippen LogP contribution in [0.5, 0.6) is 0 Å². The van der Waals surface area contributed by atoms with Gasteiger partial charge in [0, 0.05) is 0 Å². The summed E-state index contributed by atoms with van der Waals surface area (Å²) in [6.07, 6.45) is 9.09. The molecule has 0 saturated carbocycles. The van der Waals surface area contributed by atoms with Crippen molar-refractivity contribution in [3.05, 3.63) is 24.6 Å². The van der Waals surface area contributed by atoms with Crippen molar-refractivity contribution in [2.45, 2.75) is 26.2 Å². The highest BCUT2D eigenvalue weighted by atomic mass is 19.1. The van der Waals surface area contributed by atoms with Crippen molar-refractivity contribution >= 4 is 0 Å². The van der Waals surface area contributed by atoms with Crippen LogP contribution in [0.2, 0.25) is 0 Å². The average Bonchev–Trinajstić information content (AvgIpc) is 1.89. The largest absolute Gasteiger partial charge is 0.216 e. The van der Waals surface area contributed by atoms with E-state index in [1.165, 1.54) is 18.9 Å². The van der Waals surface area contributed by atoms with Gasteiger partial charge in [-0.3, -0.25) is 0 Å². The number of rotatable bonds is 4. The van der Waals surface area contributed by atoms with Gasteiger partial charge in [-0.1, -0.05) is 31.9 Å². The van der Waals surface area contributed by atoms with Gasteiger partial charge < -0.3 is 0 Å². The maximum Gasteiger partial charge on any atom is 0.0866 e. The lowest BCUT2D eigenvalue weighted by Gasteiger charge is -1.84. The highest BCUT2D eigenvalue weighted by Crippen LogP contribution is 1.94. The smallest absolute Gasteiger partial charge is 0.0866 e. The summed E-state index contributed by atoms with van der Waals surface area (Å²) < 4.78 is 11.3. The van der Waals surface area contributed by atoms with E-state index in [9.17, 15) is 4.39 Å². The Morgan fingerprint density at radius 3 is 2.67 bits per heavy atom. The van der Waals surface area contributed by atoms with Crippen LogP contribution >= 0.6 is 0 Å².